The van der Waals surface area contributed by atoms with Crippen molar-refractivity contribution in [3.05, 3.63) is 23.5 Å². The summed E-state index contributed by atoms with van der Waals surface area (Å²) >= 11 is 0. The summed E-state index contributed by atoms with van der Waals surface area (Å²) in [4.78, 5) is 45.9. The normalized spacial score (nSPS) is 18.6. The molecule has 2 N–H and O–H groups in total. The van der Waals surface area contributed by atoms with Crippen LogP contribution in [0.2, 0.25) is 0 Å². The van der Waals surface area contributed by atoms with Gasteiger partial charge >= 0.3 is 0 Å². The molecule has 1 atom stereocenters. The number of carbonyl (C=O) groups is 4. The zero-order chi connectivity index (χ0) is 14.9. The lowest BCUT2D eigenvalue weighted by Gasteiger charge is -2.21. The second-order valence-electron chi connectivity index (χ2n) is 4.76. The van der Waals surface area contributed by atoms with E-state index in [1.165, 1.54) is 17.6 Å². The maximum absolute atomic E-state index is 12.1. The molecule has 0 bridgehead atoms. The molecule has 1 aromatic rings. The molecule has 20 heavy (non-hydrogen) atoms. The molecule has 0 spiro atoms. The molecule has 0 aromatic carbocycles. The van der Waals surface area contributed by atoms with E-state index in [1.54, 1.807) is 13.2 Å². The third-order valence-corrected chi connectivity index (χ3v) is 3.19. The van der Waals surface area contributed by atoms with Crippen molar-refractivity contribution >= 4 is 23.5 Å². The molecule has 2 rings (SSSR count). The Morgan fingerprint density at radius 3 is 2.65 bits per heavy atom. The van der Waals surface area contributed by atoms with Gasteiger partial charge < -0.3 is 9.88 Å². The fourth-order valence-corrected chi connectivity index (χ4v) is 2.05. The molecular weight excluding hydrogens is 262 g/mol. The van der Waals surface area contributed by atoms with Crippen molar-refractivity contribution in [2.75, 3.05) is 0 Å². The predicted molar refractivity (Wildman–Crippen MR) is 69.1 cm³/mol. The number of imide groups is 1. The van der Waals surface area contributed by atoms with Crippen molar-refractivity contribution in [3.8, 4) is 0 Å². The monoisotopic (exact) mass is 277 g/mol. The van der Waals surface area contributed by atoms with Gasteiger partial charge in [-0.05, 0) is 19.4 Å². The van der Waals surface area contributed by atoms with Gasteiger partial charge in [0.1, 0.15) is 11.7 Å². The molecule has 2 heterocycles. The summed E-state index contributed by atoms with van der Waals surface area (Å²) in [5.74, 6) is -1.43. The Labute approximate surface area is 115 Å². The van der Waals surface area contributed by atoms with Crippen molar-refractivity contribution in [3.63, 3.8) is 0 Å². The predicted octanol–water partition coefficient (Wildman–Crippen LogP) is -0.237. The smallest absolute Gasteiger partial charge is 0.268 e. The number of ketones is 1. The lowest BCUT2D eigenvalue weighted by Crippen LogP contribution is -2.52. The molecular formula is C13H15N3O4. The summed E-state index contributed by atoms with van der Waals surface area (Å²) in [7, 11) is 1.64. The number of aromatic nitrogens is 1. The number of amides is 3. The molecule has 7 nitrogen and oxygen atoms in total. The molecule has 1 aliphatic rings. The van der Waals surface area contributed by atoms with Crippen LogP contribution in [0.5, 0.6) is 0 Å². The van der Waals surface area contributed by atoms with E-state index < -0.39 is 17.9 Å². The number of aryl methyl sites for hydroxylation is 1. The van der Waals surface area contributed by atoms with Gasteiger partial charge in [0, 0.05) is 25.2 Å². The summed E-state index contributed by atoms with van der Waals surface area (Å²) in [5, 5.41) is 4.73. The molecule has 0 saturated carbocycles. The molecule has 1 aliphatic heterocycles. The average molecular weight is 277 g/mol. The van der Waals surface area contributed by atoms with Gasteiger partial charge in [-0.15, -0.1) is 0 Å². The van der Waals surface area contributed by atoms with E-state index in [-0.39, 0.29) is 24.5 Å². The zero-order valence-electron chi connectivity index (χ0n) is 11.2. The lowest BCUT2D eigenvalue weighted by molar-refractivity contribution is -0.134. The van der Waals surface area contributed by atoms with Gasteiger partial charge in [-0.3, -0.25) is 24.5 Å². The van der Waals surface area contributed by atoms with Crippen molar-refractivity contribution in [1.82, 2.24) is 15.2 Å². The lowest BCUT2D eigenvalue weighted by atomic mass is 10.1. The van der Waals surface area contributed by atoms with Crippen LogP contribution < -0.4 is 10.6 Å². The van der Waals surface area contributed by atoms with Crippen LogP contribution >= 0.6 is 0 Å². The van der Waals surface area contributed by atoms with E-state index in [0.717, 1.165) is 0 Å². The largest absolute Gasteiger partial charge is 0.346 e. The van der Waals surface area contributed by atoms with Gasteiger partial charge in [0.15, 0.2) is 5.78 Å². The quantitative estimate of drug-likeness (QED) is 0.588. The standard InChI is InChI=1S/C13H15N3O4/c1-7(17)8-5-10(16(2)6-8)13(20)14-9-3-4-11(18)15-12(9)19/h5-6,9H,3-4H2,1-2H3,(H,14,20)(H,15,18,19). The summed E-state index contributed by atoms with van der Waals surface area (Å²) in [6.45, 7) is 1.41. The Bertz CT molecular complexity index is 603. The third kappa shape index (κ3) is 2.76. The molecule has 1 aromatic heterocycles. The fourth-order valence-electron chi connectivity index (χ4n) is 2.05. The van der Waals surface area contributed by atoms with E-state index in [0.29, 0.717) is 11.3 Å². The van der Waals surface area contributed by atoms with Crippen LogP contribution in [0.15, 0.2) is 12.3 Å². The first-order chi connectivity index (χ1) is 9.38. The Kier molecular flexibility index (Phi) is 3.69. The molecule has 1 saturated heterocycles. The molecule has 106 valence electrons. The van der Waals surface area contributed by atoms with Gasteiger partial charge in [-0.1, -0.05) is 0 Å². The van der Waals surface area contributed by atoms with Crippen LogP contribution in [-0.2, 0) is 16.6 Å². The first-order valence-electron chi connectivity index (χ1n) is 6.20. The van der Waals surface area contributed by atoms with E-state index in [1.807, 2.05) is 0 Å². The van der Waals surface area contributed by atoms with Gasteiger partial charge in [0.25, 0.3) is 5.91 Å². The summed E-state index contributed by atoms with van der Waals surface area (Å²) in [6.07, 6.45) is 2.03. The topological polar surface area (TPSA) is 97.3 Å². The Morgan fingerprint density at radius 1 is 1.40 bits per heavy atom. The molecule has 1 unspecified atom stereocenters. The number of piperidine rings is 1. The SMILES string of the molecule is CC(=O)c1cc(C(=O)NC2CCC(=O)NC2=O)n(C)c1. The Balaban J connectivity index is 2.10. The van der Waals surface area contributed by atoms with Gasteiger partial charge in [-0.25, -0.2) is 0 Å². The molecule has 7 heteroatoms. The van der Waals surface area contributed by atoms with Crippen LogP contribution in [0.25, 0.3) is 0 Å². The van der Waals surface area contributed by atoms with Crippen LogP contribution in [0.3, 0.4) is 0 Å². The number of carbonyl (C=O) groups excluding carboxylic acids is 4. The van der Waals surface area contributed by atoms with Gasteiger partial charge in [0.2, 0.25) is 11.8 Å². The van der Waals surface area contributed by atoms with Crippen LogP contribution in [-0.4, -0.2) is 34.1 Å². The number of nitrogens with zero attached hydrogens (tertiary/aromatic N) is 1. The fraction of sp³-hybridized carbons (Fsp3) is 0.385. The minimum atomic E-state index is -0.726. The summed E-state index contributed by atoms with van der Waals surface area (Å²) in [6, 6.07) is 0.750. The van der Waals surface area contributed by atoms with E-state index in [9.17, 15) is 19.2 Å². The number of hydrogen-bond acceptors (Lipinski definition) is 4. The van der Waals surface area contributed by atoms with Crippen molar-refractivity contribution in [1.29, 1.82) is 0 Å². The van der Waals surface area contributed by atoms with Gasteiger partial charge in [-0.2, -0.15) is 0 Å². The second kappa shape index (κ2) is 5.28. The number of Topliss-reactive ketones (excluding diaryl/α,β-unsaturated/α-hetero) is 1. The van der Waals surface area contributed by atoms with E-state index in [2.05, 4.69) is 10.6 Å². The van der Waals surface area contributed by atoms with Crippen molar-refractivity contribution in [2.24, 2.45) is 7.05 Å². The Morgan fingerprint density at radius 2 is 2.10 bits per heavy atom. The number of rotatable bonds is 3. The third-order valence-electron chi connectivity index (χ3n) is 3.19. The summed E-state index contributed by atoms with van der Waals surface area (Å²) in [5.41, 5.74) is 0.723. The maximum atomic E-state index is 12.1. The van der Waals surface area contributed by atoms with Crippen LogP contribution in [0.1, 0.15) is 40.6 Å². The average Bonchev–Trinajstić information content (AvgIpc) is 2.75. The van der Waals surface area contributed by atoms with E-state index in [4.69, 9.17) is 0 Å². The minimum Gasteiger partial charge on any atom is -0.346 e. The summed E-state index contributed by atoms with van der Waals surface area (Å²) < 4.78 is 1.53. The van der Waals surface area contributed by atoms with E-state index >= 15 is 0 Å². The highest BCUT2D eigenvalue weighted by Crippen LogP contribution is 2.10. The van der Waals surface area contributed by atoms with Crippen molar-refractivity contribution in [2.45, 2.75) is 25.8 Å². The highest BCUT2D eigenvalue weighted by Gasteiger charge is 2.28. The first-order valence-corrected chi connectivity index (χ1v) is 6.20. The van der Waals surface area contributed by atoms with Crippen molar-refractivity contribution < 1.29 is 19.2 Å². The highest BCUT2D eigenvalue weighted by molar-refractivity contribution is 6.04. The van der Waals surface area contributed by atoms with Gasteiger partial charge in [0.05, 0.1) is 0 Å². The molecule has 0 aliphatic carbocycles. The number of hydrogen-bond donors (Lipinski definition) is 2. The maximum Gasteiger partial charge on any atom is 0.268 e. The highest BCUT2D eigenvalue weighted by atomic mass is 16.2. The first kappa shape index (κ1) is 14.0. The second-order valence-corrected chi connectivity index (χ2v) is 4.76. The zero-order valence-corrected chi connectivity index (χ0v) is 11.2. The minimum absolute atomic E-state index is 0.138. The Hall–Kier alpha value is -2.44. The van der Waals surface area contributed by atoms with Crippen LogP contribution in [0, 0.1) is 0 Å². The molecule has 0 radical (unpaired) electrons. The molecule has 1 fully saturated rings. The van der Waals surface area contributed by atoms with Crippen LogP contribution in [0.4, 0.5) is 0 Å². The molecule has 3 amide bonds. The number of nitrogens with one attached hydrogen (secondary N) is 2.